The molecule has 0 aromatic heterocycles. The van der Waals surface area contributed by atoms with Gasteiger partial charge in [-0.15, -0.1) is 0 Å². The first-order valence-corrected chi connectivity index (χ1v) is 7.24. The summed E-state index contributed by atoms with van der Waals surface area (Å²) in [7, 11) is 1.39. The largest absolute Gasteiger partial charge is 0.465 e. The van der Waals surface area contributed by atoms with E-state index in [1.54, 1.807) is 12.1 Å². The van der Waals surface area contributed by atoms with Gasteiger partial charge in [-0.25, -0.2) is 4.79 Å². The van der Waals surface area contributed by atoms with Crippen LogP contribution in [0.25, 0.3) is 0 Å². The fourth-order valence-corrected chi connectivity index (χ4v) is 1.88. The van der Waals surface area contributed by atoms with E-state index in [2.05, 4.69) is 43.0 Å². The fraction of sp³-hybridized carbons (Fsp3) is 0.389. The van der Waals surface area contributed by atoms with Crippen LogP contribution < -0.4 is 5.32 Å². The molecule has 0 unspecified atom stereocenters. The molecule has 3 nitrogen and oxygen atoms in total. The third kappa shape index (κ3) is 6.80. The predicted molar refractivity (Wildman–Crippen MR) is 88.7 cm³/mol. The average molecular weight is 287 g/mol. The Morgan fingerprint density at radius 1 is 1.14 bits per heavy atom. The molecule has 0 aliphatic heterocycles. The summed E-state index contributed by atoms with van der Waals surface area (Å²) in [5, 5.41) is 3.31. The van der Waals surface area contributed by atoms with Gasteiger partial charge in [-0.05, 0) is 57.9 Å². The van der Waals surface area contributed by atoms with Crippen molar-refractivity contribution in [3.8, 4) is 0 Å². The van der Waals surface area contributed by atoms with E-state index in [4.69, 9.17) is 0 Å². The monoisotopic (exact) mass is 287 g/mol. The molecule has 1 aromatic rings. The predicted octanol–water partition coefficient (Wildman–Crippen LogP) is 4.58. The van der Waals surface area contributed by atoms with Crippen LogP contribution in [0.2, 0.25) is 0 Å². The van der Waals surface area contributed by atoms with Crippen LogP contribution >= 0.6 is 0 Å². The molecular formula is C18H25NO2. The number of hydrogen-bond donors (Lipinski definition) is 1. The van der Waals surface area contributed by atoms with E-state index in [9.17, 15) is 4.79 Å². The van der Waals surface area contributed by atoms with Crippen molar-refractivity contribution >= 4 is 11.7 Å². The van der Waals surface area contributed by atoms with Crippen LogP contribution in [0.5, 0.6) is 0 Å². The summed E-state index contributed by atoms with van der Waals surface area (Å²) in [6.07, 6.45) is 6.65. The molecule has 1 rings (SSSR count). The van der Waals surface area contributed by atoms with Gasteiger partial charge in [0, 0.05) is 12.2 Å². The number of carbonyl (C=O) groups excluding carboxylic acids is 1. The summed E-state index contributed by atoms with van der Waals surface area (Å²) in [5.74, 6) is -0.309. The van der Waals surface area contributed by atoms with Crippen molar-refractivity contribution in [2.24, 2.45) is 0 Å². The summed E-state index contributed by atoms with van der Waals surface area (Å²) < 4.78 is 4.67. The molecule has 0 aliphatic rings. The number of carbonyl (C=O) groups is 1. The number of ether oxygens (including phenoxy) is 1. The molecule has 0 amide bonds. The van der Waals surface area contributed by atoms with Gasteiger partial charge < -0.3 is 10.1 Å². The molecule has 21 heavy (non-hydrogen) atoms. The van der Waals surface area contributed by atoms with Crippen LogP contribution in [0, 0.1) is 0 Å². The first kappa shape index (κ1) is 17.0. The molecule has 1 aromatic carbocycles. The Balaban J connectivity index is 2.41. The van der Waals surface area contributed by atoms with E-state index >= 15 is 0 Å². The summed E-state index contributed by atoms with van der Waals surface area (Å²) >= 11 is 0. The topological polar surface area (TPSA) is 38.3 Å². The lowest BCUT2D eigenvalue weighted by molar-refractivity contribution is 0.0601. The highest BCUT2D eigenvalue weighted by Crippen LogP contribution is 2.11. The van der Waals surface area contributed by atoms with Crippen molar-refractivity contribution in [2.45, 2.75) is 33.6 Å². The molecule has 114 valence electrons. The Kier molecular flexibility index (Phi) is 7.30. The molecular weight excluding hydrogens is 262 g/mol. The quantitative estimate of drug-likeness (QED) is 0.589. The molecule has 0 saturated heterocycles. The van der Waals surface area contributed by atoms with Crippen LogP contribution in [-0.2, 0) is 4.74 Å². The Labute approximate surface area is 127 Å². The van der Waals surface area contributed by atoms with Crippen molar-refractivity contribution in [2.75, 3.05) is 19.0 Å². The van der Waals surface area contributed by atoms with Crippen molar-refractivity contribution in [3.63, 3.8) is 0 Å². The first-order chi connectivity index (χ1) is 10.0. The van der Waals surface area contributed by atoms with Gasteiger partial charge >= 0.3 is 5.97 Å². The Morgan fingerprint density at radius 3 is 2.38 bits per heavy atom. The van der Waals surface area contributed by atoms with Gasteiger partial charge in [0.15, 0.2) is 0 Å². The maximum absolute atomic E-state index is 11.3. The molecule has 0 spiro atoms. The molecule has 0 bridgehead atoms. The van der Waals surface area contributed by atoms with Crippen LogP contribution in [0.4, 0.5) is 5.69 Å². The van der Waals surface area contributed by atoms with E-state index in [-0.39, 0.29) is 5.97 Å². The molecule has 0 fully saturated rings. The number of methoxy groups -OCH3 is 1. The van der Waals surface area contributed by atoms with E-state index in [0.717, 1.165) is 25.1 Å². The Morgan fingerprint density at radius 2 is 1.81 bits per heavy atom. The summed E-state index contributed by atoms with van der Waals surface area (Å²) in [4.78, 5) is 11.3. The summed E-state index contributed by atoms with van der Waals surface area (Å²) in [6.45, 7) is 7.19. The highest BCUT2D eigenvalue weighted by atomic mass is 16.5. The third-order valence-corrected chi connectivity index (χ3v) is 3.15. The van der Waals surface area contributed by atoms with Gasteiger partial charge in [0.2, 0.25) is 0 Å². The van der Waals surface area contributed by atoms with Gasteiger partial charge in [0.25, 0.3) is 0 Å². The second-order valence-corrected chi connectivity index (χ2v) is 5.32. The lowest BCUT2D eigenvalue weighted by Crippen LogP contribution is -2.02. The van der Waals surface area contributed by atoms with Crippen molar-refractivity contribution in [1.82, 2.24) is 0 Å². The third-order valence-electron chi connectivity index (χ3n) is 3.15. The Hall–Kier alpha value is -2.03. The SMILES string of the molecule is COC(=O)c1ccc(NCC=C(C)CCC=C(C)C)cc1. The number of anilines is 1. The normalized spacial score (nSPS) is 11.0. The van der Waals surface area contributed by atoms with Crippen LogP contribution in [0.3, 0.4) is 0 Å². The van der Waals surface area contributed by atoms with E-state index in [1.807, 2.05) is 12.1 Å². The zero-order chi connectivity index (χ0) is 15.7. The first-order valence-electron chi connectivity index (χ1n) is 7.24. The van der Waals surface area contributed by atoms with Gasteiger partial charge in [0.05, 0.1) is 12.7 Å². The molecule has 0 aliphatic carbocycles. The van der Waals surface area contributed by atoms with E-state index < -0.39 is 0 Å². The molecule has 0 radical (unpaired) electrons. The highest BCUT2D eigenvalue weighted by molar-refractivity contribution is 5.89. The average Bonchev–Trinajstić information content (AvgIpc) is 2.46. The number of allylic oxidation sites excluding steroid dienone is 3. The maximum Gasteiger partial charge on any atom is 0.337 e. The van der Waals surface area contributed by atoms with Gasteiger partial charge in [-0.2, -0.15) is 0 Å². The van der Waals surface area contributed by atoms with Crippen LogP contribution in [0.1, 0.15) is 44.0 Å². The standard InChI is InChI=1S/C18H25NO2/c1-14(2)6-5-7-15(3)12-13-19-17-10-8-16(9-11-17)18(20)21-4/h6,8-12,19H,5,7,13H2,1-4H3. The van der Waals surface area contributed by atoms with Gasteiger partial charge in [0.1, 0.15) is 0 Å². The second kappa shape index (κ2) is 9.01. The van der Waals surface area contributed by atoms with E-state index in [0.29, 0.717) is 5.56 Å². The number of benzene rings is 1. The number of rotatable bonds is 7. The zero-order valence-corrected chi connectivity index (χ0v) is 13.4. The lowest BCUT2D eigenvalue weighted by atomic mass is 10.1. The second-order valence-electron chi connectivity index (χ2n) is 5.32. The molecule has 0 atom stereocenters. The highest BCUT2D eigenvalue weighted by Gasteiger charge is 2.03. The smallest absolute Gasteiger partial charge is 0.337 e. The number of nitrogens with one attached hydrogen (secondary N) is 1. The number of esters is 1. The summed E-state index contributed by atoms with van der Waals surface area (Å²) in [6, 6.07) is 7.30. The van der Waals surface area contributed by atoms with Gasteiger partial charge in [-0.1, -0.05) is 23.3 Å². The maximum atomic E-state index is 11.3. The fourth-order valence-electron chi connectivity index (χ4n) is 1.88. The lowest BCUT2D eigenvalue weighted by Gasteiger charge is -2.06. The van der Waals surface area contributed by atoms with Crippen molar-refractivity contribution in [1.29, 1.82) is 0 Å². The number of hydrogen-bond acceptors (Lipinski definition) is 3. The van der Waals surface area contributed by atoms with Crippen LogP contribution in [0.15, 0.2) is 47.6 Å². The molecule has 3 heteroatoms. The minimum Gasteiger partial charge on any atom is -0.465 e. The van der Waals surface area contributed by atoms with Crippen molar-refractivity contribution in [3.05, 3.63) is 53.1 Å². The minimum atomic E-state index is -0.309. The zero-order valence-electron chi connectivity index (χ0n) is 13.4. The van der Waals surface area contributed by atoms with Gasteiger partial charge in [-0.3, -0.25) is 0 Å². The summed E-state index contributed by atoms with van der Waals surface area (Å²) in [5.41, 5.74) is 4.31. The molecule has 1 N–H and O–H groups in total. The molecule has 0 saturated carbocycles. The van der Waals surface area contributed by atoms with E-state index in [1.165, 1.54) is 18.3 Å². The van der Waals surface area contributed by atoms with Crippen molar-refractivity contribution < 1.29 is 9.53 Å². The Bertz CT molecular complexity index is 509. The minimum absolute atomic E-state index is 0.309. The molecule has 0 heterocycles. The van der Waals surface area contributed by atoms with Crippen LogP contribution in [-0.4, -0.2) is 19.6 Å².